The predicted octanol–water partition coefficient (Wildman–Crippen LogP) is 4.31. The molecule has 0 aliphatic heterocycles. The average Bonchev–Trinajstić information content (AvgIpc) is 2.72. The standard InChI is InChI=1S/C21H16ClN3O4/c22-19-4-2-1-3-16(19)11-14-5-10-20(26)17(12-14)13-23-24-21(27)15-6-8-18(9-7-15)25(28)29/h1-10,12-13,26H,11H2,(H,24,27)/b23-13-. The Kier molecular flexibility index (Phi) is 6.21. The molecule has 3 aromatic rings. The van der Waals surface area contributed by atoms with Gasteiger partial charge in [-0.3, -0.25) is 14.9 Å². The molecule has 0 saturated carbocycles. The van der Waals surface area contributed by atoms with Crippen molar-refractivity contribution in [1.82, 2.24) is 5.43 Å². The lowest BCUT2D eigenvalue weighted by Crippen LogP contribution is -2.17. The SMILES string of the molecule is O=C(N/N=C\c1cc(Cc2ccccc2Cl)ccc1O)c1ccc([N+](=O)[O-])cc1. The molecule has 0 radical (unpaired) electrons. The number of amides is 1. The fourth-order valence-electron chi connectivity index (χ4n) is 2.64. The van der Waals surface area contributed by atoms with Crippen LogP contribution in [0, 0.1) is 10.1 Å². The lowest BCUT2D eigenvalue weighted by Gasteiger charge is -2.07. The van der Waals surface area contributed by atoms with Crippen molar-refractivity contribution in [3.05, 3.63) is 104 Å². The highest BCUT2D eigenvalue weighted by atomic mass is 35.5. The summed E-state index contributed by atoms with van der Waals surface area (Å²) in [5, 5.41) is 25.2. The molecule has 7 nitrogen and oxygen atoms in total. The Morgan fingerprint density at radius 3 is 2.55 bits per heavy atom. The van der Waals surface area contributed by atoms with Gasteiger partial charge in [0.05, 0.1) is 11.1 Å². The van der Waals surface area contributed by atoms with Crippen molar-refractivity contribution in [2.45, 2.75) is 6.42 Å². The molecule has 0 aliphatic rings. The number of rotatable bonds is 6. The summed E-state index contributed by atoms with van der Waals surface area (Å²) in [6.07, 6.45) is 1.91. The van der Waals surface area contributed by atoms with E-state index in [0.717, 1.165) is 11.1 Å². The third-order valence-corrected chi connectivity index (χ3v) is 4.52. The van der Waals surface area contributed by atoms with Crippen LogP contribution in [0.15, 0.2) is 71.8 Å². The number of benzene rings is 3. The third-order valence-electron chi connectivity index (χ3n) is 4.15. The Morgan fingerprint density at radius 1 is 1.14 bits per heavy atom. The number of hydrazone groups is 1. The summed E-state index contributed by atoms with van der Waals surface area (Å²) in [5.41, 5.74) is 4.75. The summed E-state index contributed by atoms with van der Waals surface area (Å²) in [6.45, 7) is 0. The number of carbonyl (C=O) groups excluding carboxylic acids is 1. The Morgan fingerprint density at radius 2 is 1.86 bits per heavy atom. The number of nitro groups is 1. The first-order valence-electron chi connectivity index (χ1n) is 8.57. The number of phenolic OH excluding ortho intramolecular Hbond substituents is 1. The van der Waals surface area contributed by atoms with Gasteiger partial charge in [-0.1, -0.05) is 35.9 Å². The molecule has 0 spiro atoms. The Bertz CT molecular complexity index is 1080. The minimum Gasteiger partial charge on any atom is -0.507 e. The first kappa shape index (κ1) is 20.0. The molecule has 8 heteroatoms. The molecule has 0 fully saturated rings. The minimum absolute atomic E-state index is 0.0150. The van der Waals surface area contributed by atoms with Crippen LogP contribution >= 0.6 is 11.6 Å². The van der Waals surface area contributed by atoms with Gasteiger partial charge < -0.3 is 5.11 Å². The molecule has 2 N–H and O–H groups in total. The number of hydrogen-bond acceptors (Lipinski definition) is 5. The topological polar surface area (TPSA) is 105 Å². The van der Waals surface area contributed by atoms with Crippen molar-refractivity contribution in [2.75, 3.05) is 0 Å². The van der Waals surface area contributed by atoms with E-state index in [1.54, 1.807) is 18.2 Å². The van der Waals surface area contributed by atoms with Gasteiger partial charge in [-0.15, -0.1) is 0 Å². The van der Waals surface area contributed by atoms with Gasteiger partial charge in [-0.05, 0) is 47.9 Å². The van der Waals surface area contributed by atoms with E-state index in [0.29, 0.717) is 17.0 Å². The Hall–Kier alpha value is -3.71. The number of phenols is 1. The first-order chi connectivity index (χ1) is 13.9. The summed E-state index contributed by atoms with van der Waals surface area (Å²) < 4.78 is 0. The van der Waals surface area contributed by atoms with Crippen LogP contribution in [0.5, 0.6) is 5.75 Å². The van der Waals surface area contributed by atoms with Gasteiger partial charge in [-0.2, -0.15) is 5.10 Å². The van der Waals surface area contributed by atoms with Gasteiger partial charge in [0.25, 0.3) is 11.6 Å². The van der Waals surface area contributed by atoms with Crippen LogP contribution in [-0.4, -0.2) is 22.2 Å². The van der Waals surface area contributed by atoms with Crippen LogP contribution in [0.25, 0.3) is 0 Å². The number of non-ortho nitro benzene ring substituents is 1. The Labute approximate surface area is 171 Å². The zero-order chi connectivity index (χ0) is 20.8. The maximum absolute atomic E-state index is 12.1. The van der Waals surface area contributed by atoms with Crippen molar-refractivity contribution < 1.29 is 14.8 Å². The van der Waals surface area contributed by atoms with Crippen LogP contribution in [0.3, 0.4) is 0 Å². The third kappa shape index (κ3) is 5.18. The molecule has 0 aliphatic carbocycles. The zero-order valence-electron chi connectivity index (χ0n) is 15.1. The first-order valence-corrected chi connectivity index (χ1v) is 8.95. The van der Waals surface area contributed by atoms with Gasteiger partial charge in [0.2, 0.25) is 0 Å². The number of aromatic hydroxyl groups is 1. The van der Waals surface area contributed by atoms with E-state index in [1.807, 2.05) is 24.3 Å². The number of halogens is 1. The second kappa shape index (κ2) is 8.99. The van der Waals surface area contributed by atoms with E-state index in [9.17, 15) is 20.0 Å². The quantitative estimate of drug-likeness (QED) is 0.359. The van der Waals surface area contributed by atoms with Gasteiger partial charge in [0.15, 0.2) is 0 Å². The van der Waals surface area contributed by atoms with E-state index in [1.165, 1.54) is 30.5 Å². The van der Waals surface area contributed by atoms with Gasteiger partial charge >= 0.3 is 0 Å². The molecular formula is C21H16ClN3O4. The fourth-order valence-corrected chi connectivity index (χ4v) is 2.84. The lowest BCUT2D eigenvalue weighted by atomic mass is 10.0. The van der Waals surface area contributed by atoms with E-state index < -0.39 is 10.8 Å². The highest BCUT2D eigenvalue weighted by molar-refractivity contribution is 6.31. The summed E-state index contributed by atoms with van der Waals surface area (Å²) in [4.78, 5) is 22.2. The van der Waals surface area contributed by atoms with Crippen molar-refractivity contribution in [1.29, 1.82) is 0 Å². The predicted molar refractivity (Wildman–Crippen MR) is 111 cm³/mol. The number of nitrogens with zero attached hydrogens (tertiary/aromatic N) is 2. The molecular weight excluding hydrogens is 394 g/mol. The number of hydrogen-bond donors (Lipinski definition) is 2. The monoisotopic (exact) mass is 409 g/mol. The zero-order valence-corrected chi connectivity index (χ0v) is 15.8. The number of carbonyl (C=O) groups is 1. The molecule has 0 unspecified atom stereocenters. The van der Waals surface area contributed by atoms with Crippen LogP contribution in [-0.2, 0) is 6.42 Å². The van der Waals surface area contributed by atoms with Crippen LogP contribution in [0.2, 0.25) is 5.02 Å². The minimum atomic E-state index is -0.543. The van der Waals surface area contributed by atoms with Crippen LogP contribution in [0.4, 0.5) is 5.69 Å². The van der Waals surface area contributed by atoms with E-state index in [2.05, 4.69) is 10.5 Å². The van der Waals surface area contributed by atoms with E-state index in [-0.39, 0.29) is 17.0 Å². The van der Waals surface area contributed by atoms with Crippen LogP contribution < -0.4 is 5.43 Å². The van der Waals surface area contributed by atoms with E-state index in [4.69, 9.17) is 11.6 Å². The fraction of sp³-hybridized carbons (Fsp3) is 0.0476. The Balaban J connectivity index is 1.69. The second-order valence-corrected chi connectivity index (χ2v) is 6.57. The van der Waals surface area contributed by atoms with Crippen molar-refractivity contribution in [2.24, 2.45) is 5.10 Å². The summed E-state index contributed by atoms with van der Waals surface area (Å²) >= 11 is 6.19. The molecule has 0 saturated heterocycles. The second-order valence-electron chi connectivity index (χ2n) is 6.16. The van der Waals surface area contributed by atoms with Gasteiger partial charge in [0, 0.05) is 28.3 Å². The lowest BCUT2D eigenvalue weighted by molar-refractivity contribution is -0.384. The smallest absolute Gasteiger partial charge is 0.271 e. The molecule has 1 amide bonds. The molecule has 0 atom stereocenters. The average molecular weight is 410 g/mol. The summed E-state index contributed by atoms with van der Waals surface area (Å²) in [6, 6.07) is 17.7. The van der Waals surface area contributed by atoms with Crippen molar-refractivity contribution in [3.63, 3.8) is 0 Å². The number of nitro benzene ring substituents is 1. The molecule has 3 aromatic carbocycles. The van der Waals surface area contributed by atoms with Gasteiger partial charge in [0.1, 0.15) is 5.75 Å². The molecule has 29 heavy (non-hydrogen) atoms. The highest BCUT2D eigenvalue weighted by Gasteiger charge is 2.09. The molecule has 0 bridgehead atoms. The highest BCUT2D eigenvalue weighted by Crippen LogP contribution is 2.22. The molecule has 0 heterocycles. The van der Waals surface area contributed by atoms with Crippen molar-refractivity contribution >= 4 is 29.4 Å². The van der Waals surface area contributed by atoms with Crippen LogP contribution in [0.1, 0.15) is 27.0 Å². The normalized spacial score (nSPS) is 10.8. The largest absolute Gasteiger partial charge is 0.507 e. The summed E-state index contributed by atoms with van der Waals surface area (Å²) in [5.74, 6) is -0.510. The van der Waals surface area contributed by atoms with Crippen molar-refractivity contribution in [3.8, 4) is 5.75 Å². The van der Waals surface area contributed by atoms with E-state index >= 15 is 0 Å². The molecule has 146 valence electrons. The summed E-state index contributed by atoms with van der Waals surface area (Å²) in [7, 11) is 0. The maximum atomic E-state index is 12.1. The molecule has 0 aromatic heterocycles. The number of nitrogens with one attached hydrogen (secondary N) is 1. The maximum Gasteiger partial charge on any atom is 0.271 e. The molecule has 3 rings (SSSR count). The van der Waals surface area contributed by atoms with Gasteiger partial charge in [-0.25, -0.2) is 5.43 Å².